The van der Waals surface area contributed by atoms with Gasteiger partial charge in [-0.25, -0.2) is 12.8 Å². The molecule has 2 aromatic rings. The highest BCUT2D eigenvalue weighted by atomic mass is 35.5. The molecule has 0 spiro atoms. The van der Waals surface area contributed by atoms with Crippen LogP contribution < -0.4 is 9.62 Å². The fraction of sp³-hybridized carbons (Fsp3) is 0.440. The molecule has 35 heavy (non-hydrogen) atoms. The molecular formula is C25H33ClFN3O4S. The summed E-state index contributed by atoms with van der Waals surface area (Å²) in [6, 6.07) is 11.8. The third-order valence-corrected chi connectivity index (χ3v) is 7.14. The third kappa shape index (κ3) is 8.50. The number of anilines is 1. The molecule has 2 rings (SSSR count). The first kappa shape index (κ1) is 28.6. The van der Waals surface area contributed by atoms with E-state index in [1.54, 1.807) is 37.3 Å². The maximum absolute atomic E-state index is 14.2. The maximum atomic E-state index is 14.2. The Morgan fingerprint density at radius 3 is 2.29 bits per heavy atom. The van der Waals surface area contributed by atoms with Crippen LogP contribution in [-0.2, 0) is 26.2 Å². The molecule has 0 unspecified atom stereocenters. The highest BCUT2D eigenvalue weighted by Gasteiger charge is 2.27. The molecule has 0 aliphatic rings. The Hall–Kier alpha value is -2.65. The molecule has 0 fully saturated rings. The second-order valence-electron chi connectivity index (χ2n) is 8.53. The highest BCUT2D eigenvalue weighted by Crippen LogP contribution is 2.22. The van der Waals surface area contributed by atoms with Gasteiger partial charge in [-0.15, -0.1) is 0 Å². The fourth-order valence-electron chi connectivity index (χ4n) is 3.47. The lowest BCUT2D eigenvalue weighted by atomic mass is 10.1. The molecule has 0 aliphatic heterocycles. The summed E-state index contributed by atoms with van der Waals surface area (Å²) in [5.74, 6) is -1.25. The van der Waals surface area contributed by atoms with E-state index in [0.29, 0.717) is 5.02 Å². The fourth-order valence-corrected chi connectivity index (χ4v) is 4.56. The minimum Gasteiger partial charge on any atom is -0.352 e. The van der Waals surface area contributed by atoms with Crippen molar-refractivity contribution in [2.24, 2.45) is 0 Å². The number of nitrogens with one attached hydrogen (secondary N) is 1. The van der Waals surface area contributed by atoms with E-state index >= 15 is 0 Å². The number of carbonyl (C=O) groups is 2. The molecule has 0 aromatic heterocycles. The topological polar surface area (TPSA) is 86.8 Å². The molecule has 2 aromatic carbocycles. The van der Waals surface area contributed by atoms with Crippen LogP contribution in [0.3, 0.4) is 0 Å². The molecule has 2 atom stereocenters. The average Bonchev–Trinajstić information content (AvgIpc) is 2.80. The van der Waals surface area contributed by atoms with Gasteiger partial charge in [0.05, 0.1) is 11.9 Å². The van der Waals surface area contributed by atoms with Crippen molar-refractivity contribution in [3.8, 4) is 0 Å². The zero-order chi connectivity index (χ0) is 26.2. The number of sulfonamides is 1. The van der Waals surface area contributed by atoms with Gasteiger partial charge in [-0.05, 0) is 56.5 Å². The first-order valence-corrected chi connectivity index (χ1v) is 13.7. The summed E-state index contributed by atoms with van der Waals surface area (Å²) in [6.45, 7) is 5.61. The van der Waals surface area contributed by atoms with Crippen LogP contribution in [0.2, 0.25) is 5.02 Å². The number of benzene rings is 2. The Labute approximate surface area is 212 Å². The molecule has 0 aliphatic carbocycles. The zero-order valence-corrected chi connectivity index (χ0v) is 22.1. The lowest BCUT2D eigenvalue weighted by Gasteiger charge is -2.30. The summed E-state index contributed by atoms with van der Waals surface area (Å²) in [4.78, 5) is 27.5. The summed E-state index contributed by atoms with van der Waals surface area (Å²) in [6.07, 6.45) is 1.88. The Morgan fingerprint density at radius 1 is 1.09 bits per heavy atom. The monoisotopic (exact) mass is 525 g/mol. The smallest absolute Gasteiger partial charge is 0.242 e. The van der Waals surface area contributed by atoms with Crippen LogP contribution >= 0.6 is 11.6 Å². The van der Waals surface area contributed by atoms with E-state index in [2.05, 4.69) is 5.32 Å². The van der Waals surface area contributed by atoms with E-state index < -0.39 is 21.9 Å². The number of carbonyl (C=O) groups excluding carboxylic acids is 2. The van der Waals surface area contributed by atoms with Gasteiger partial charge in [0.2, 0.25) is 21.8 Å². The third-order valence-electron chi connectivity index (χ3n) is 5.71. The molecular weight excluding hydrogens is 493 g/mol. The maximum Gasteiger partial charge on any atom is 0.242 e. The molecule has 0 bridgehead atoms. The lowest BCUT2D eigenvalue weighted by Crippen LogP contribution is -2.49. The van der Waals surface area contributed by atoms with Crippen molar-refractivity contribution in [2.45, 2.75) is 58.7 Å². The molecule has 10 heteroatoms. The Balaban J connectivity index is 2.17. The summed E-state index contributed by atoms with van der Waals surface area (Å²) in [7, 11) is -3.77. The molecule has 1 N–H and O–H groups in total. The predicted octanol–water partition coefficient (Wildman–Crippen LogP) is 4.36. The molecule has 0 radical (unpaired) electrons. The van der Waals surface area contributed by atoms with Crippen LogP contribution in [0.15, 0.2) is 48.5 Å². The summed E-state index contributed by atoms with van der Waals surface area (Å²) < 4.78 is 39.8. The minimum atomic E-state index is -3.77. The number of hydrogen-bond donors (Lipinski definition) is 1. The zero-order valence-electron chi connectivity index (χ0n) is 20.5. The number of nitrogens with zero attached hydrogens (tertiary/aromatic N) is 2. The van der Waals surface area contributed by atoms with Gasteiger partial charge in [0.15, 0.2) is 0 Å². The van der Waals surface area contributed by atoms with E-state index in [0.717, 1.165) is 22.5 Å². The van der Waals surface area contributed by atoms with Crippen LogP contribution in [0.5, 0.6) is 0 Å². The number of hydrogen-bond acceptors (Lipinski definition) is 4. The molecule has 0 saturated carbocycles. The number of amides is 2. The van der Waals surface area contributed by atoms with Crippen molar-refractivity contribution < 1.29 is 22.4 Å². The summed E-state index contributed by atoms with van der Waals surface area (Å²) in [5.41, 5.74) is 0.733. The van der Waals surface area contributed by atoms with Gasteiger partial charge in [0, 0.05) is 30.6 Å². The van der Waals surface area contributed by atoms with Crippen molar-refractivity contribution in [1.82, 2.24) is 10.2 Å². The van der Waals surface area contributed by atoms with Crippen molar-refractivity contribution in [1.29, 1.82) is 0 Å². The van der Waals surface area contributed by atoms with Gasteiger partial charge < -0.3 is 10.2 Å². The first-order valence-electron chi connectivity index (χ1n) is 11.5. The van der Waals surface area contributed by atoms with Crippen molar-refractivity contribution in [3.63, 3.8) is 0 Å². The number of para-hydroxylation sites is 1. The van der Waals surface area contributed by atoms with Crippen LogP contribution in [-0.4, -0.2) is 50.0 Å². The summed E-state index contributed by atoms with van der Waals surface area (Å²) in [5, 5.41) is 3.46. The SMILES string of the molecule is CC[C@@H](C)NC(=O)[C@H](C)N(Cc1ccc(Cl)cc1)C(=O)CCCN(c1ccccc1F)S(C)(=O)=O. The molecule has 7 nitrogen and oxygen atoms in total. The Bertz CT molecular complexity index is 1110. The van der Waals surface area contributed by atoms with E-state index in [4.69, 9.17) is 11.6 Å². The molecule has 0 saturated heterocycles. The van der Waals surface area contributed by atoms with E-state index in [1.807, 2.05) is 13.8 Å². The number of halogens is 2. The van der Waals surface area contributed by atoms with E-state index in [9.17, 15) is 22.4 Å². The Kier molecular flexibility index (Phi) is 10.5. The molecule has 192 valence electrons. The van der Waals surface area contributed by atoms with Crippen LogP contribution in [0.25, 0.3) is 0 Å². The Morgan fingerprint density at radius 2 is 1.71 bits per heavy atom. The first-order chi connectivity index (χ1) is 16.4. The van der Waals surface area contributed by atoms with E-state index in [-0.39, 0.29) is 49.5 Å². The highest BCUT2D eigenvalue weighted by molar-refractivity contribution is 7.92. The normalized spacial score (nSPS) is 13.1. The summed E-state index contributed by atoms with van der Waals surface area (Å²) >= 11 is 5.97. The van der Waals surface area contributed by atoms with Gasteiger partial charge in [-0.3, -0.25) is 13.9 Å². The van der Waals surface area contributed by atoms with Crippen molar-refractivity contribution >= 4 is 39.1 Å². The van der Waals surface area contributed by atoms with Gasteiger partial charge in [0.1, 0.15) is 11.9 Å². The van der Waals surface area contributed by atoms with Crippen molar-refractivity contribution in [2.75, 3.05) is 17.1 Å². The largest absolute Gasteiger partial charge is 0.352 e. The second-order valence-corrected chi connectivity index (χ2v) is 10.9. The molecule has 0 heterocycles. The minimum absolute atomic E-state index is 0.0188. The quantitative estimate of drug-likeness (QED) is 0.446. The van der Waals surface area contributed by atoms with Gasteiger partial charge in [-0.1, -0.05) is 42.8 Å². The van der Waals surface area contributed by atoms with E-state index in [1.165, 1.54) is 23.1 Å². The van der Waals surface area contributed by atoms with Gasteiger partial charge >= 0.3 is 0 Å². The van der Waals surface area contributed by atoms with Crippen LogP contribution in [0, 0.1) is 5.82 Å². The predicted molar refractivity (Wildman–Crippen MR) is 137 cm³/mol. The average molecular weight is 526 g/mol. The van der Waals surface area contributed by atoms with Crippen molar-refractivity contribution in [3.05, 3.63) is 64.9 Å². The van der Waals surface area contributed by atoms with Gasteiger partial charge in [-0.2, -0.15) is 0 Å². The standard InChI is InChI=1S/C25H33ClFN3O4S/c1-5-18(2)28-25(32)19(3)29(17-20-12-14-21(26)15-13-20)24(31)11-8-16-30(35(4,33)34)23-10-7-6-9-22(23)27/h6-7,9-10,12-15,18-19H,5,8,11,16-17H2,1-4H3,(H,28,32)/t18-,19+/m1/s1. The second kappa shape index (κ2) is 12.9. The van der Waals surface area contributed by atoms with Crippen LogP contribution in [0.4, 0.5) is 10.1 Å². The molecule has 2 amide bonds. The lowest BCUT2D eigenvalue weighted by molar-refractivity contribution is -0.140. The number of rotatable bonds is 12. The van der Waals surface area contributed by atoms with Crippen LogP contribution in [0.1, 0.15) is 45.6 Å². The van der Waals surface area contributed by atoms with Gasteiger partial charge in [0.25, 0.3) is 0 Å².